The number of ether oxygens (including phenoxy) is 1. The Balaban J connectivity index is 1.76. The van der Waals surface area contributed by atoms with Crippen molar-refractivity contribution in [3.8, 4) is 0 Å². The third-order valence-corrected chi connectivity index (χ3v) is 8.02. The average Bonchev–Trinajstić information content (AvgIpc) is 2.95. The Kier molecular flexibility index (Phi) is 10.6. The minimum absolute atomic E-state index is 0.00538. The van der Waals surface area contributed by atoms with E-state index < -0.39 is 12.2 Å². The minimum atomic E-state index is -0.431. The zero-order chi connectivity index (χ0) is 19.6. The van der Waals surface area contributed by atoms with E-state index in [1.807, 2.05) is 23.9 Å². The number of methoxy groups -OCH3 is 1. The first-order valence-corrected chi connectivity index (χ1v) is 11.9. The van der Waals surface area contributed by atoms with Gasteiger partial charge >= 0.3 is 5.97 Å². The Labute approximate surface area is 173 Å². The normalized spacial score (nSPS) is 30.7. The van der Waals surface area contributed by atoms with Crippen molar-refractivity contribution in [1.29, 1.82) is 0 Å². The van der Waals surface area contributed by atoms with E-state index in [-0.39, 0.29) is 22.5 Å². The molecule has 0 radical (unpaired) electrons. The van der Waals surface area contributed by atoms with Crippen LogP contribution in [-0.4, -0.2) is 51.9 Å². The van der Waals surface area contributed by atoms with Gasteiger partial charge in [-0.05, 0) is 43.8 Å². The third kappa shape index (κ3) is 7.60. The van der Waals surface area contributed by atoms with Gasteiger partial charge in [-0.1, -0.05) is 37.8 Å². The lowest BCUT2D eigenvalue weighted by Gasteiger charge is -2.25. The molecule has 0 heterocycles. The molecular weight excluding hydrogens is 384 g/mol. The van der Waals surface area contributed by atoms with Gasteiger partial charge in [0.15, 0.2) is 0 Å². The average molecular weight is 419 g/mol. The van der Waals surface area contributed by atoms with Gasteiger partial charge in [-0.2, -0.15) is 11.8 Å². The predicted molar refractivity (Wildman–Crippen MR) is 112 cm³/mol. The van der Waals surface area contributed by atoms with Crippen LogP contribution in [0.2, 0.25) is 0 Å². The summed E-state index contributed by atoms with van der Waals surface area (Å²) in [5, 5.41) is 21.0. The SMILES string of the molecule is COC(=O)CCCCCS[C@@H]1[C@@H](/C=C/[C@H](O)C2CCCCC2)[C@H](O)C[C@H]1Cl. The van der Waals surface area contributed by atoms with Crippen molar-refractivity contribution in [2.24, 2.45) is 11.8 Å². The highest BCUT2D eigenvalue weighted by Crippen LogP contribution is 2.40. The molecule has 0 aromatic heterocycles. The van der Waals surface area contributed by atoms with E-state index in [1.54, 1.807) is 0 Å². The first kappa shape index (κ1) is 23.1. The number of hydrogen-bond donors (Lipinski definition) is 2. The van der Waals surface area contributed by atoms with Crippen LogP contribution in [0.4, 0.5) is 0 Å². The summed E-state index contributed by atoms with van der Waals surface area (Å²) in [5.41, 5.74) is 0. The van der Waals surface area contributed by atoms with E-state index in [4.69, 9.17) is 11.6 Å². The number of aliphatic hydroxyl groups excluding tert-OH is 2. The Bertz CT molecular complexity index is 467. The summed E-state index contributed by atoms with van der Waals surface area (Å²) in [4.78, 5) is 11.1. The third-order valence-electron chi connectivity index (χ3n) is 5.87. The van der Waals surface area contributed by atoms with Gasteiger partial charge in [0.2, 0.25) is 0 Å². The molecule has 156 valence electrons. The first-order chi connectivity index (χ1) is 13.0. The van der Waals surface area contributed by atoms with Gasteiger partial charge in [-0.15, -0.1) is 11.6 Å². The van der Waals surface area contributed by atoms with Gasteiger partial charge in [-0.3, -0.25) is 4.79 Å². The first-order valence-electron chi connectivity index (χ1n) is 10.4. The van der Waals surface area contributed by atoms with Crippen molar-refractivity contribution in [2.45, 2.75) is 87.0 Å². The van der Waals surface area contributed by atoms with Crippen LogP contribution >= 0.6 is 23.4 Å². The maximum Gasteiger partial charge on any atom is 0.305 e. The number of carbonyl (C=O) groups is 1. The number of esters is 1. The van der Waals surface area contributed by atoms with Crippen molar-refractivity contribution in [1.82, 2.24) is 0 Å². The maximum absolute atomic E-state index is 11.1. The fourth-order valence-electron chi connectivity index (χ4n) is 4.18. The second-order valence-corrected chi connectivity index (χ2v) is 9.74. The fraction of sp³-hybridized carbons (Fsp3) is 0.857. The monoisotopic (exact) mass is 418 g/mol. The number of alkyl halides is 1. The van der Waals surface area contributed by atoms with Crippen molar-refractivity contribution < 1.29 is 19.7 Å². The highest BCUT2D eigenvalue weighted by atomic mass is 35.5. The van der Waals surface area contributed by atoms with Gasteiger partial charge in [0.05, 0.1) is 19.3 Å². The quantitative estimate of drug-likeness (QED) is 0.239. The number of rotatable bonds is 10. The van der Waals surface area contributed by atoms with Gasteiger partial charge in [0.25, 0.3) is 0 Å². The summed E-state index contributed by atoms with van der Waals surface area (Å²) in [5.74, 6) is 1.19. The molecule has 0 bridgehead atoms. The molecule has 0 amide bonds. The van der Waals surface area contributed by atoms with Crippen LogP contribution in [0.15, 0.2) is 12.2 Å². The second kappa shape index (κ2) is 12.4. The molecule has 0 spiro atoms. The molecule has 2 N–H and O–H groups in total. The van der Waals surface area contributed by atoms with E-state index in [0.717, 1.165) is 37.9 Å². The second-order valence-electron chi connectivity index (χ2n) is 7.89. The number of unbranched alkanes of at least 4 members (excludes halogenated alkanes) is 2. The molecule has 0 aromatic rings. The molecule has 2 saturated carbocycles. The molecule has 4 nitrogen and oxygen atoms in total. The predicted octanol–water partition coefficient (Wildman–Crippen LogP) is 4.31. The van der Waals surface area contributed by atoms with Crippen LogP contribution in [0.3, 0.4) is 0 Å². The number of thioether (sulfide) groups is 1. The summed E-state index contributed by atoms with van der Waals surface area (Å²) in [6.45, 7) is 0. The Morgan fingerprint density at radius 1 is 1.26 bits per heavy atom. The van der Waals surface area contributed by atoms with E-state index in [0.29, 0.717) is 18.8 Å². The van der Waals surface area contributed by atoms with Gasteiger partial charge in [-0.25, -0.2) is 0 Å². The van der Waals surface area contributed by atoms with Crippen LogP contribution in [0.1, 0.15) is 64.2 Å². The lowest BCUT2D eigenvalue weighted by molar-refractivity contribution is -0.140. The van der Waals surface area contributed by atoms with Crippen LogP contribution in [-0.2, 0) is 9.53 Å². The summed E-state index contributed by atoms with van der Waals surface area (Å²) in [6, 6.07) is 0. The molecule has 2 rings (SSSR count). The Hall–Kier alpha value is -0.230. The van der Waals surface area contributed by atoms with Crippen LogP contribution < -0.4 is 0 Å². The topological polar surface area (TPSA) is 66.8 Å². The summed E-state index contributed by atoms with van der Waals surface area (Å²) >= 11 is 8.31. The summed E-state index contributed by atoms with van der Waals surface area (Å²) in [7, 11) is 1.42. The lowest BCUT2D eigenvalue weighted by Crippen LogP contribution is -2.24. The number of hydrogen-bond acceptors (Lipinski definition) is 5. The van der Waals surface area contributed by atoms with Crippen molar-refractivity contribution in [3.63, 3.8) is 0 Å². The number of aliphatic hydroxyl groups is 2. The van der Waals surface area contributed by atoms with E-state index in [9.17, 15) is 15.0 Å². The molecule has 6 heteroatoms. The Morgan fingerprint density at radius 2 is 2.00 bits per heavy atom. The fourth-order valence-corrected chi connectivity index (χ4v) is 6.21. The van der Waals surface area contributed by atoms with Crippen molar-refractivity contribution >= 4 is 29.3 Å². The number of halogens is 1. The maximum atomic E-state index is 11.1. The van der Waals surface area contributed by atoms with Crippen molar-refractivity contribution in [2.75, 3.05) is 12.9 Å². The largest absolute Gasteiger partial charge is 0.469 e. The smallest absolute Gasteiger partial charge is 0.305 e. The van der Waals surface area contributed by atoms with E-state index >= 15 is 0 Å². The van der Waals surface area contributed by atoms with Crippen LogP contribution in [0, 0.1) is 11.8 Å². The zero-order valence-electron chi connectivity index (χ0n) is 16.4. The molecule has 27 heavy (non-hydrogen) atoms. The highest BCUT2D eigenvalue weighted by Gasteiger charge is 2.40. The van der Waals surface area contributed by atoms with E-state index in [2.05, 4.69) is 4.74 Å². The highest BCUT2D eigenvalue weighted by molar-refractivity contribution is 8.00. The van der Waals surface area contributed by atoms with Crippen molar-refractivity contribution in [3.05, 3.63) is 12.2 Å². The molecule has 0 aliphatic heterocycles. The van der Waals surface area contributed by atoms with E-state index in [1.165, 1.54) is 26.4 Å². The molecule has 0 aromatic carbocycles. The van der Waals surface area contributed by atoms with Gasteiger partial charge < -0.3 is 14.9 Å². The summed E-state index contributed by atoms with van der Waals surface area (Å²) in [6.07, 6.45) is 12.9. The molecule has 2 aliphatic carbocycles. The van der Waals surface area contributed by atoms with Crippen LogP contribution in [0.5, 0.6) is 0 Å². The molecule has 2 fully saturated rings. The van der Waals surface area contributed by atoms with Crippen LogP contribution in [0.25, 0.3) is 0 Å². The Morgan fingerprint density at radius 3 is 2.70 bits per heavy atom. The summed E-state index contributed by atoms with van der Waals surface area (Å²) < 4.78 is 4.65. The molecule has 5 atom stereocenters. The zero-order valence-corrected chi connectivity index (χ0v) is 18.0. The standard InChI is InChI=1S/C21H35ClO4S/c1-26-20(25)10-6-3-7-13-27-21-16(19(24)14-17(21)22)11-12-18(23)15-8-4-2-5-9-15/h11-12,15-19,21,23-24H,2-10,13-14H2,1H3/b12-11+/t16-,17+,18-,19+,21+/m0/s1. The molecule has 0 saturated heterocycles. The molecule has 0 unspecified atom stereocenters. The number of carbonyl (C=O) groups excluding carboxylic acids is 1. The van der Waals surface area contributed by atoms with Gasteiger partial charge in [0.1, 0.15) is 0 Å². The lowest BCUT2D eigenvalue weighted by atomic mass is 9.85. The molecule has 2 aliphatic rings. The molecular formula is C21H35ClO4S. The van der Waals surface area contributed by atoms with Gasteiger partial charge in [0, 0.05) is 23.0 Å². The minimum Gasteiger partial charge on any atom is -0.469 e.